The molecule has 0 aliphatic heterocycles. The average molecular weight is 168 g/mol. The second-order valence-electron chi connectivity index (χ2n) is 1.70. The van der Waals surface area contributed by atoms with E-state index < -0.39 is 17.9 Å². The monoisotopic (exact) mass is 168 g/mol. The highest BCUT2D eigenvalue weighted by molar-refractivity contribution is 5.11. The van der Waals surface area contributed by atoms with E-state index in [-0.39, 0.29) is 0 Å². The van der Waals surface area contributed by atoms with Crippen LogP contribution in [0.1, 0.15) is 6.92 Å². The van der Waals surface area contributed by atoms with Crippen LogP contribution in [0.15, 0.2) is 24.2 Å². The lowest BCUT2D eigenvalue weighted by Crippen LogP contribution is -2.12. The number of hydrogen-bond acceptors (Lipinski definition) is 2. The van der Waals surface area contributed by atoms with Gasteiger partial charge in [-0.05, 0) is 13.0 Å². The molecular formula is C6H7F3O2. The van der Waals surface area contributed by atoms with E-state index in [2.05, 4.69) is 11.3 Å². The smallest absolute Gasteiger partial charge is 0.509 e. The molecule has 0 spiro atoms. The molecule has 0 saturated heterocycles. The molecule has 0 saturated carbocycles. The Labute approximate surface area is 61.6 Å². The first-order valence-corrected chi connectivity index (χ1v) is 2.65. The summed E-state index contributed by atoms with van der Waals surface area (Å²) in [7, 11) is 0. The summed E-state index contributed by atoms with van der Waals surface area (Å²) in [4.78, 5) is 0. The number of aliphatic hydroxyl groups excluding tert-OH is 1. The maximum atomic E-state index is 11.4. The highest BCUT2D eigenvalue weighted by Crippen LogP contribution is 2.22. The lowest BCUT2D eigenvalue weighted by molar-refractivity contribution is -0.304. The van der Waals surface area contributed by atoms with E-state index in [1.54, 1.807) is 0 Å². The van der Waals surface area contributed by atoms with Crippen molar-refractivity contribution in [2.75, 3.05) is 0 Å². The number of ether oxygens (including phenoxy) is 1. The zero-order valence-electron chi connectivity index (χ0n) is 5.77. The second-order valence-corrected chi connectivity index (χ2v) is 1.70. The molecule has 0 atom stereocenters. The predicted octanol–water partition coefficient (Wildman–Crippen LogP) is 2.50. The van der Waals surface area contributed by atoms with Gasteiger partial charge in [-0.2, -0.15) is 0 Å². The summed E-state index contributed by atoms with van der Waals surface area (Å²) >= 11 is 0. The van der Waals surface area contributed by atoms with Crippen molar-refractivity contribution in [1.29, 1.82) is 0 Å². The Morgan fingerprint density at radius 2 is 2.00 bits per heavy atom. The van der Waals surface area contributed by atoms with Gasteiger partial charge < -0.3 is 9.84 Å². The molecule has 0 aromatic rings. The zero-order valence-corrected chi connectivity index (χ0v) is 5.77. The minimum Gasteiger partial charge on any atom is -0.509 e. The number of halogens is 3. The molecule has 11 heavy (non-hydrogen) atoms. The molecular weight excluding hydrogens is 161 g/mol. The van der Waals surface area contributed by atoms with Crippen molar-refractivity contribution in [3.63, 3.8) is 0 Å². The molecule has 64 valence electrons. The van der Waals surface area contributed by atoms with Crippen LogP contribution in [0.25, 0.3) is 0 Å². The summed E-state index contributed by atoms with van der Waals surface area (Å²) < 4.78 is 37.7. The fraction of sp³-hybridized carbons (Fsp3) is 0.333. The van der Waals surface area contributed by atoms with Crippen molar-refractivity contribution in [3.05, 3.63) is 24.2 Å². The summed E-state index contributed by atoms with van der Waals surface area (Å²) in [6.07, 6.45) is -4.00. The molecule has 1 N–H and O–H groups in total. The Morgan fingerprint density at radius 3 is 2.09 bits per heavy atom. The van der Waals surface area contributed by atoms with Crippen LogP contribution in [0, 0.1) is 0 Å². The van der Waals surface area contributed by atoms with Crippen molar-refractivity contribution >= 4 is 0 Å². The molecule has 0 aliphatic carbocycles. The van der Waals surface area contributed by atoms with E-state index in [9.17, 15) is 13.2 Å². The second kappa shape index (κ2) is 3.32. The maximum Gasteiger partial charge on any atom is 0.573 e. The molecule has 0 unspecified atom stereocenters. The van der Waals surface area contributed by atoms with Crippen LogP contribution in [0.2, 0.25) is 0 Å². The van der Waals surface area contributed by atoms with Crippen molar-refractivity contribution in [3.8, 4) is 0 Å². The van der Waals surface area contributed by atoms with Gasteiger partial charge in [0.1, 0.15) is 5.76 Å². The molecule has 0 aromatic carbocycles. The Balaban J connectivity index is 4.35. The van der Waals surface area contributed by atoms with Crippen molar-refractivity contribution in [1.82, 2.24) is 0 Å². The summed E-state index contributed by atoms with van der Waals surface area (Å²) in [5, 5.41) is 8.56. The molecule has 0 bridgehead atoms. The maximum absolute atomic E-state index is 11.4. The SMILES string of the molecule is C=C/C(OC(F)(F)F)=C(\C)O. The largest absolute Gasteiger partial charge is 0.573 e. The first kappa shape index (κ1) is 9.87. The van der Waals surface area contributed by atoms with Crippen LogP contribution in [-0.2, 0) is 4.74 Å². The summed E-state index contributed by atoms with van der Waals surface area (Å²) in [5.74, 6) is -1.24. The van der Waals surface area contributed by atoms with Gasteiger partial charge in [0.2, 0.25) is 0 Å². The van der Waals surface area contributed by atoms with Gasteiger partial charge in [0.15, 0.2) is 5.76 Å². The van der Waals surface area contributed by atoms with E-state index >= 15 is 0 Å². The van der Waals surface area contributed by atoms with Gasteiger partial charge in [-0.1, -0.05) is 6.58 Å². The van der Waals surface area contributed by atoms with Gasteiger partial charge >= 0.3 is 6.36 Å². The minimum atomic E-state index is -4.78. The van der Waals surface area contributed by atoms with E-state index in [4.69, 9.17) is 5.11 Å². The molecule has 0 radical (unpaired) electrons. The van der Waals surface area contributed by atoms with E-state index in [0.717, 1.165) is 13.0 Å². The van der Waals surface area contributed by atoms with E-state index in [1.165, 1.54) is 0 Å². The highest BCUT2D eigenvalue weighted by atomic mass is 19.4. The molecule has 0 aromatic heterocycles. The Morgan fingerprint density at radius 1 is 1.55 bits per heavy atom. The molecule has 0 rings (SSSR count). The average Bonchev–Trinajstić information content (AvgIpc) is 1.80. The Bertz CT molecular complexity index is 177. The van der Waals surface area contributed by atoms with Crippen LogP contribution in [0.4, 0.5) is 13.2 Å². The summed E-state index contributed by atoms with van der Waals surface area (Å²) in [6, 6.07) is 0. The lowest BCUT2D eigenvalue weighted by atomic mass is 10.4. The van der Waals surface area contributed by atoms with Crippen molar-refractivity contribution < 1.29 is 23.0 Å². The molecule has 0 fully saturated rings. The van der Waals surface area contributed by atoms with E-state index in [1.807, 2.05) is 0 Å². The molecule has 0 heterocycles. The molecule has 0 amide bonds. The van der Waals surface area contributed by atoms with Gasteiger partial charge in [-0.15, -0.1) is 13.2 Å². The van der Waals surface area contributed by atoms with Crippen LogP contribution < -0.4 is 0 Å². The number of aliphatic hydroxyl groups is 1. The van der Waals surface area contributed by atoms with Gasteiger partial charge in [0.05, 0.1) is 0 Å². The first-order chi connectivity index (χ1) is 4.87. The zero-order chi connectivity index (χ0) is 9.07. The molecule has 2 nitrogen and oxygen atoms in total. The van der Waals surface area contributed by atoms with Crippen LogP contribution >= 0.6 is 0 Å². The molecule has 5 heteroatoms. The first-order valence-electron chi connectivity index (χ1n) is 2.65. The van der Waals surface area contributed by atoms with Gasteiger partial charge in [0, 0.05) is 0 Å². The highest BCUT2D eigenvalue weighted by Gasteiger charge is 2.32. The van der Waals surface area contributed by atoms with Crippen LogP contribution in [-0.4, -0.2) is 11.5 Å². The molecule has 0 aliphatic rings. The van der Waals surface area contributed by atoms with Crippen molar-refractivity contribution in [2.45, 2.75) is 13.3 Å². The van der Waals surface area contributed by atoms with Crippen LogP contribution in [0.3, 0.4) is 0 Å². The van der Waals surface area contributed by atoms with Gasteiger partial charge in [0.25, 0.3) is 0 Å². The van der Waals surface area contributed by atoms with Crippen LogP contribution in [0.5, 0.6) is 0 Å². The Hall–Kier alpha value is -1.13. The van der Waals surface area contributed by atoms with Gasteiger partial charge in [-0.3, -0.25) is 0 Å². The number of hydrogen-bond donors (Lipinski definition) is 1. The summed E-state index contributed by atoms with van der Waals surface area (Å²) in [5.41, 5.74) is 0. The summed E-state index contributed by atoms with van der Waals surface area (Å²) in [6.45, 7) is 4.10. The topological polar surface area (TPSA) is 29.5 Å². The third-order valence-corrected chi connectivity index (χ3v) is 0.768. The third kappa shape index (κ3) is 4.30. The number of allylic oxidation sites excluding steroid dienone is 2. The van der Waals surface area contributed by atoms with Gasteiger partial charge in [-0.25, -0.2) is 0 Å². The normalized spacial score (nSPS) is 13.8. The third-order valence-electron chi connectivity index (χ3n) is 0.768. The fourth-order valence-corrected chi connectivity index (χ4v) is 0.388. The number of rotatable bonds is 2. The fourth-order valence-electron chi connectivity index (χ4n) is 0.388. The van der Waals surface area contributed by atoms with Crippen molar-refractivity contribution in [2.24, 2.45) is 0 Å². The lowest BCUT2D eigenvalue weighted by Gasteiger charge is -2.09. The Kier molecular flexibility index (Phi) is 2.98. The van der Waals surface area contributed by atoms with E-state index in [0.29, 0.717) is 0 Å². The number of alkyl halides is 3. The quantitative estimate of drug-likeness (QED) is 0.507. The minimum absolute atomic E-state index is 0.558. The predicted molar refractivity (Wildman–Crippen MR) is 32.7 cm³/mol. The standard InChI is InChI=1S/C6H7F3O2/c1-3-5(4(2)10)11-6(7,8)9/h3,10H,1H2,2H3/b5-4-.